The second-order valence-corrected chi connectivity index (χ2v) is 9.29. The molecule has 7 nitrogen and oxygen atoms in total. The molecule has 0 spiro atoms. The Morgan fingerprint density at radius 3 is 2.67 bits per heavy atom. The van der Waals surface area contributed by atoms with Gasteiger partial charge in [0.05, 0.1) is 17.5 Å². The van der Waals surface area contributed by atoms with Gasteiger partial charge in [0.25, 0.3) is 0 Å². The number of hydrogen-bond donors (Lipinski definition) is 2. The Morgan fingerprint density at radius 1 is 1.15 bits per heavy atom. The molecule has 3 fully saturated rings. The Labute approximate surface area is 217 Å². The number of fused-ring (bicyclic) bond motifs is 1. The fraction of sp³-hybridized carbons (Fsp3) is 0.500. The van der Waals surface area contributed by atoms with Gasteiger partial charge in [0.1, 0.15) is 11.9 Å². The second kappa shape index (κ2) is 12.3. The zero-order chi connectivity index (χ0) is 20.5. The lowest BCUT2D eigenvalue weighted by molar-refractivity contribution is -0.131. The molecule has 0 saturated carbocycles. The fourth-order valence-corrected chi connectivity index (χ4v) is 5.91. The number of nitrogens with zero attached hydrogens (tertiary/aromatic N) is 4. The molecule has 0 bridgehead atoms. The molecule has 2 aromatic rings. The molecule has 2 N–H and O–H groups in total. The first-order valence-corrected chi connectivity index (χ1v) is 11.8. The Bertz CT molecular complexity index is 1000. The van der Waals surface area contributed by atoms with Crippen molar-refractivity contribution in [3.8, 4) is 6.07 Å². The van der Waals surface area contributed by atoms with E-state index in [4.69, 9.17) is 4.98 Å². The maximum absolute atomic E-state index is 12.9. The number of nitrogens with one attached hydrogen (secondary N) is 2. The summed E-state index contributed by atoms with van der Waals surface area (Å²) in [6.45, 7) is 4.35. The van der Waals surface area contributed by atoms with Crippen LogP contribution in [0.4, 0.5) is 5.82 Å². The number of aromatic nitrogens is 1. The largest absolute Gasteiger partial charge is 0.350 e. The van der Waals surface area contributed by atoms with E-state index in [1.165, 1.54) is 0 Å². The average molecular weight is 532 g/mol. The van der Waals surface area contributed by atoms with Crippen molar-refractivity contribution < 1.29 is 4.79 Å². The molecule has 3 aliphatic heterocycles. The van der Waals surface area contributed by atoms with Crippen molar-refractivity contribution in [3.05, 3.63) is 36.0 Å². The molecule has 0 radical (unpaired) electrons. The Kier molecular flexibility index (Phi) is 10.3. The number of anilines is 1. The van der Waals surface area contributed by atoms with Crippen molar-refractivity contribution in [3.63, 3.8) is 0 Å². The monoisotopic (exact) mass is 530 g/mol. The lowest BCUT2D eigenvalue weighted by atomic mass is 9.93. The maximum atomic E-state index is 12.9. The smallest absolute Gasteiger partial charge is 0.240 e. The van der Waals surface area contributed by atoms with Gasteiger partial charge in [0.2, 0.25) is 5.91 Å². The van der Waals surface area contributed by atoms with Gasteiger partial charge in [-0.15, -0.1) is 49.0 Å². The first-order chi connectivity index (χ1) is 14.8. The topological polar surface area (TPSA) is 84.3 Å². The van der Waals surface area contributed by atoms with Crippen LogP contribution in [0.2, 0.25) is 0 Å². The van der Waals surface area contributed by atoms with E-state index in [0.29, 0.717) is 11.5 Å². The Morgan fingerprint density at radius 2 is 1.94 bits per heavy atom. The van der Waals surface area contributed by atoms with Crippen molar-refractivity contribution >= 4 is 71.5 Å². The van der Waals surface area contributed by atoms with Gasteiger partial charge in [-0.3, -0.25) is 4.79 Å². The Balaban J connectivity index is 0.00000128. The molecule has 11 heteroatoms. The molecule has 5 rings (SSSR count). The summed E-state index contributed by atoms with van der Waals surface area (Å²) >= 11 is 1.83. The fourth-order valence-electron chi connectivity index (χ4n) is 4.96. The zero-order valence-electron chi connectivity index (χ0n) is 18.1. The highest BCUT2D eigenvalue weighted by molar-refractivity contribution is 7.99. The number of rotatable bonds is 3. The number of piperazine rings is 1. The minimum absolute atomic E-state index is 0. The van der Waals surface area contributed by atoms with Crippen LogP contribution in [0.3, 0.4) is 0 Å². The third-order valence-electron chi connectivity index (χ3n) is 6.52. The molecule has 3 atom stereocenters. The average Bonchev–Trinajstić information content (AvgIpc) is 3.50. The molecule has 3 saturated heterocycles. The normalized spacial score (nSPS) is 24.4. The maximum Gasteiger partial charge on any atom is 0.240 e. The van der Waals surface area contributed by atoms with Gasteiger partial charge >= 0.3 is 0 Å². The highest BCUT2D eigenvalue weighted by Gasteiger charge is 2.40. The molecule has 1 aromatic carbocycles. The highest BCUT2D eigenvalue weighted by Crippen LogP contribution is 2.32. The van der Waals surface area contributed by atoms with Crippen molar-refractivity contribution in [2.75, 3.05) is 49.3 Å². The third-order valence-corrected chi connectivity index (χ3v) is 7.49. The number of thioether (sulfide) groups is 1. The van der Waals surface area contributed by atoms with Gasteiger partial charge in [-0.25, -0.2) is 4.98 Å². The number of pyridine rings is 1. The molecule has 33 heavy (non-hydrogen) atoms. The van der Waals surface area contributed by atoms with Crippen LogP contribution in [0.1, 0.15) is 12.0 Å². The summed E-state index contributed by atoms with van der Waals surface area (Å²) < 4.78 is 0. The van der Waals surface area contributed by atoms with Gasteiger partial charge in [-0.1, -0.05) is 24.3 Å². The summed E-state index contributed by atoms with van der Waals surface area (Å²) in [5.74, 6) is 3.43. The zero-order valence-corrected chi connectivity index (χ0v) is 21.4. The predicted octanol–water partition coefficient (Wildman–Crippen LogP) is 2.66. The lowest BCUT2D eigenvalue weighted by Crippen LogP contribution is -2.55. The number of benzene rings is 1. The van der Waals surface area contributed by atoms with Gasteiger partial charge in [-0.2, -0.15) is 5.26 Å². The van der Waals surface area contributed by atoms with Gasteiger partial charge in [0.15, 0.2) is 0 Å². The molecule has 180 valence electrons. The first kappa shape index (κ1) is 27.8. The van der Waals surface area contributed by atoms with Crippen LogP contribution < -0.4 is 15.5 Å². The molecule has 3 aliphatic rings. The summed E-state index contributed by atoms with van der Waals surface area (Å²) in [6.07, 6.45) is 2.55. The number of carbonyl (C=O) groups is 1. The summed E-state index contributed by atoms with van der Waals surface area (Å²) in [7, 11) is 0. The van der Waals surface area contributed by atoms with E-state index in [0.717, 1.165) is 67.4 Å². The van der Waals surface area contributed by atoms with Gasteiger partial charge in [-0.05, 0) is 12.3 Å². The number of hydrogen-bond acceptors (Lipinski definition) is 7. The van der Waals surface area contributed by atoms with Crippen molar-refractivity contribution in [1.82, 2.24) is 20.5 Å². The molecular formula is C22H29Cl3N6OS. The Hall–Kier alpha value is -1.47. The summed E-state index contributed by atoms with van der Waals surface area (Å²) in [6, 6.07) is 10.5. The third kappa shape index (κ3) is 5.45. The van der Waals surface area contributed by atoms with Crippen LogP contribution in [0, 0.1) is 17.2 Å². The van der Waals surface area contributed by atoms with E-state index in [1.807, 2.05) is 34.9 Å². The lowest BCUT2D eigenvalue weighted by Gasteiger charge is -2.40. The van der Waals surface area contributed by atoms with Crippen LogP contribution >= 0.6 is 49.0 Å². The van der Waals surface area contributed by atoms with Crippen molar-refractivity contribution in [2.24, 2.45) is 5.92 Å². The highest BCUT2D eigenvalue weighted by atomic mass is 35.5. The van der Waals surface area contributed by atoms with E-state index in [9.17, 15) is 10.1 Å². The molecule has 1 aromatic heterocycles. The number of nitriles is 1. The van der Waals surface area contributed by atoms with Gasteiger partial charge in [0, 0.05) is 61.5 Å². The quantitative estimate of drug-likeness (QED) is 0.630. The standard InChI is InChI=1S/C22H26N6OS.3ClH/c23-10-16-12-26-21(18-4-2-1-3-17(16)18)28-6-5-24-13-20(28)15-9-19(25-11-15)22(29)27-7-8-30-14-27;;;/h1-4,12,15,19-20,24-25H,5-9,11,13-14H2;3*1H/t15-,19-,20?;;;/m0.../s1. The molecule has 0 aliphatic carbocycles. The first-order valence-electron chi connectivity index (χ1n) is 10.6. The summed E-state index contributed by atoms with van der Waals surface area (Å²) in [4.78, 5) is 21.9. The SMILES string of the molecule is Cl.Cl.Cl.N#Cc1cnc(N2CCNCC2[C@@H]2CN[C@H](C(=O)N3CCSC3)C2)c2ccccc12. The van der Waals surface area contributed by atoms with E-state index in [1.54, 1.807) is 6.20 Å². The number of carbonyl (C=O) groups excluding carboxylic acids is 1. The second-order valence-electron chi connectivity index (χ2n) is 8.21. The van der Waals surface area contributed by atoms with E-state index in [2.05, 4.69) is 27.7 Å². The number of amides is 1. The van der Waals surface area contributed by atoms with Crippen LogP contribution in [0.5, 0.6) is 0 Å². The van der Waals surface area contributed by atoms with Crippen LogP contribution in [0.25, 0.3) is 10.8 Å². The summed E-state index contributed by atoms with van der Waals surface area (Å²) in [5, 5.41) is 18.5. The van der Waals surface area contributed by atoms with Crippen LogP contribution in [-0.2, 0) is 4.79 Å². The number of halogens is 3. The van der Waals surface area contributed by atoms with E-state index >= 15 is 0 Å². The van der Waals surface area contributed by atoms with Crippen molar-refractivity contribution in [2.45, 2.75) is 18.5 Å². The minimum atomic E-state index is -0.0804. The molecule has 4 heterocycles. The van der Waals surface area contributed by atoms with E-state index < -0.39 is 0 Å². The predicted molar refractivity (Wildman–Crippen MR) is 141 cm³/mol. The van der Waals surface area contributed by atoms with E-state index in [-0.39, 0.29) is 55.2 Å². The summed E-state index contributed by atoms with van der Waals surface area (Å²) in [5.41, 5.74) is 0.609. The molecule has 1 amide bonds. The van der Waals surface area contributed by atoms with Crippen LogP contribution in [-0.4, -0.2) is 72.2 Å². The minimum Gasteiger partial charge on any atom is -0.350 e. The van der Waals surface area contributed by atoms with Crippen LogP contribution in [0.15, 0.2) is 30.5 Å². The molecule has 1 unspecified atom stereocenters. The van der Waals surface area contributed by atoms with Crippen molar-refractivity contribution in [1.29, 1.82) is 5.26 Å². The molecular weight excluding hydrogens is 503 g/mol. The van der Waals surface area contributed by atoms with Gasteiger partial charge < -0.3 is 20.4 Å².